The zero-order chi connectivity index (χ0) is 20.2. The predicted molar refractivity (Wildman–Crippen MR) is 126 cm³/mol. The van der Waals surface area contributed by atoms with Gasteiger partial charge in [-0.1, -0.05) is 6.07 Å². The van der Waals surface area contributed by atoms with Gasteiger partial charge in [0, 0.05) is 52.0 Å². The molecule has 0 fully saturated rings. The zero-order valence-electron chi connectivity index (χ0n) is 17.6. The number of guanidine groups is 1. The topological polar surface area (TPSA) is 93.7 Å². The Morgan fingerprint density at radius 2 is 2.23 bits per heavy atom. The molecule has 3 aromatic rings. The minimum Gasteiger partial charge on any atom is -0.377 e. The Morgan fingerprint density at radius 3 is 3.00 bits per heavy atom. The molecule has 30 heavy (non-hydrogen) atoms. The molecule has 1 aliphatic rings. The number of rotatable bonds is 6. The molecule has 0 spiro atoms. The molecule has 0 aromatic carbocycles. The maximum Gasteiger partial charge on any atom is 0.191 e. The molecule has 2 N–H and O–H groups in total. The van der Waals surface area contributed by atoms with Gasteiger partial charge >= 0.3 is 0 Å². The Hall–Kier alpha value is -2.21. The molecule has 0 saturated heterocycles. The maximum absolute atomic E-state index is 5.13. The number of methoxy groups -OCH3 is 1. The minimum atomic E-state index is 0. The van der Waals surface area contributed by atoms with Gasteiger partial charge < -0.3 is 19.8 Å². The van der Waals surface area contributed by atoms with E-state index in [0.717, 1.165) is 61.3 Å². The van der Waals surface area contributed by atoms with Crippen molar-refractivity contribution in [1.29, 1.82) is 0 Å². The summed E-state index contributed by atoms with van der Waals surface area (Å²) in [6.07, 6.45) is 6.85. The number of aliphatic imine (C=N–C) groups is 1. The van der Waals surface area contributed by atoms with Gasteiger partial charge in [-0.15, -0.1) is 24.0 Å². The largest absolute Gasteiger partial charge is 0.377 e. The molecule has 4 heterocycles. The Labute approximate surface area is 193 Å². The van der Waals surface area contributed by atoms with E-state index in [0.29, 0.717) is 6.61 Å². The number of nitrogens with one attached hydrogen (secondary N) is 2. The van der Waals surface area contributed by atoms with E-state index in [4.69, 9.17) is 9.72 Å². The van der Waals surface area contributed by atoms with Crippen LogP contribution in [-0.2, 0) is 30.7 Å². The van der Waals surface area contributed by atoms with E-state index in [9.17, 15) is 0 Å². The van der Waals surface area contributed by atoms with Crippen molar-refractivity contribution in [1.82, 2.24) is 34.8 Å². The van der Waals surface area contributed by atoms with Crippen molar-refractivity contribution in [2.24, 2.45) is 4.99 Å². The van der Waals surface area contributed by atoms with Crippen LogP contribution in [-0.4, -0.2) is 56.9 Å². The number of nitrogens with zero attached hydrogens (tertiary/aromatic N) is 6. The van der Waals surface area contributed by atoms with Gasteiger partial charge in [-0.05, 0) is 25.0 Å². The maximum atomic E-state index is 5.13. The Bertz CT molecular complexity index is 1010. The summed E-state index contributed by atoms with van der Waals surface area (Å²) in [6.45, 7) is 4.07. The van der Waals surface area contributed by atoms with E-state index in [1.54, 1.807) is 14.2 Å². The van der Waals surface area contributed by atoms with Crippen molar-refractivity contribution in [3.05, 3.63) is 47.4 Å². The first-order valence-electron chi connectivity index (χ1n) is 9.98. The lowest BCUT2D eigenvalue weighted by molar-refractivity contribution is 0.177. The van der Waals surface area contributed by atoms with Crippen LogP contribution in [0.5, 0.6) is 0 Å². The molecule has 1 unspecified atom stereocenters. The molecule has 0 radical (unpaired) electrons. The molecular formula is C20H29IN8O. The van der Waals surface area contributed by atoms with E-state index < -0.39 is 0 Å². The summed E-state index contributed by atoms with van der Waals surface area (Å²) in [5.74, 6) is 2.57. The highest BCUT2D eigenvalue weighted by Crippen LogP contribution is 2.13. The van der Waals surface area contributed by atoms with Gasteiger partial charge in [0.25, 0.3) is 0 Å². The fraction of sp³-hybridized carbons (Fsp3) is 0.500. The summed E-state index contributed by atoms with van der Waals surface area (Å²) in [7, 11) is 3.46. The number of aryl methyl sites for hydroxylation is 2. The molecule has 9 nitrogen and oxygen atoms in total. The third-order valence-electron chi connectivity index (χ3n) is 5.14. The smallest absolute Gasteiger partial charge is 0.191 e. The van der Waals surface area contributed by atoms with Crippen LogP contribution in [0.15, 0.2) is 29.5 Å². The predicted octanol–water partition coefficient (Wildman–Crippen LogP) is 1.72. The van der Waals surface area contributed by atoms with E-state index in [2.05, 4.69) is 49.3 Å². The van der Waals surface area contributed by atoms with Crippen LogP contribution in [0.3, 0.4) is 0 Å². The second kappa shape index (κ2) is 10.2. The van der Waals surface area contributed by atoms with E-state index >= 15 is 0 Å². The highest BCUT2D eigenvalue weighted by molar-refractivity contribution is 14.0. The molecule has 0 amide bonds. The van der Waals surface area contributed by atoms with Gasteiger partial charge in [0.2, 0.25) is 0 Å². The van der Waals surface area contributed by atoms with Crippen molar-refractivity contribution in [2.75, 3.05) is 20.7 Å². The van der Waals surface area contributed by atoms with Gasteiger partial charge in [0.15, 0.2) is 11.8 Å². The minimum absolute atomic E-state index is 0. The van der Waals surface area contributed by atoms with Gasteiger partial charge in [-0.3, -0.25) is 4.99 Å². The average Bonchev–Trinajstić information content (AvgIpc) is 3.31. The Kier molecular flexibility index (Phi) is 7.64. The van der Waals surface area contributed by atoms with Gasteiger partial charge in [0.1, 0.15) is 18.1 Å². The van der Waals surface area contributed by atoms with Crippen LogP contribution >= 0.6 is 24.0 Å². The average molecular weight is 524 g/mol. The Morgan fingerprint density at radius 1 is 1.37 bits per heavy atom. The van der Waals surface area contributed by atoms with Crippen molar-refractivity contribution in [2.45, 2.75) is 45.4 Å². The third-order valence-corrected chi connectivity index (χ3v) is 5.14. The molecule has 4 rings (SSSR count). The van der Waals surface area contributed by atoms with Gasteiger partial charge in [-0.2, -0.15) is 5.10 Å². The summed E-state index contributed by atoms with van der Waals surface area (Å²) in [5, 5.41) is 11.4. The highest BCUT2D eigenvalue weighted by Gasteiger charge is 2.22. The fourth-order valence-corrected chi connectivity index (χ4v) is 3.69. The van der Waals surface area contributed by atoms with E-state index in [1.807, 2.05) is 16.9 Å². The van der Waals surface area contributed by atoms with Crippen LogP contribution in [0, 0.1) is 6.92 Å². The van der Waals surface area contributed by atoms with Crippen LogP contribution < -0.4 is 10.6 Å². The molecule has 0 saturated carbocycles. The summed E-state index contributed by atoms with van der Waals surface area (Å²) in [5.41, 5.74) is 3.27. The van der Waals surface area contributed by atoms with Crippen molar-refractivity contribution in [3.8, 4) is 0 Å². The van der Waals surface area contributed by atoms with E-state index in [1.165, 1.54) is 5.56 Å². The van der Waals surface area contributed by atoms with Crippen molar-refractivity contribution >= 4 is 35.6 Å². The molecule has 3 aromatic heterocycles. The number of aromatic nitrogens is 5. The molecule has 162 valence electrons. The number of hydrogen-bond donors (Lipinski definition) is 2. The summed E-state index contributed by atoms with van der Waals surface area (Å²) in [6, 6.07) is 4.39. The number of fused-ring (bicyclic) bond motifs is 2. The second-order valence-corrected chi connectivity index (χ2v) is 7.34. The highest BCUT2D eigenvalue weighted by atomic mass is 127. The van der Waals surface area contributed by atoms with Crippen LogP contribution in [0.4, 0.5) is 0 Å². The monoisotopic (exact) mass is 524 g/mol. The SMILES string of the molecule is CN=C(NCCc1cn2cccc(C)c2n1)NC1CCc2nc(COC)nn2C1.I. The number of hydrogen-bond acceptors (Lipinski definition) is 5. The lowest BCUT2D eigenvalue weighted by Gasteiger charge is -2.25. The lowest BCUT2D eigenvalue weighted by Crippen LogP contribution is -2.47. The number of imidazole rings is 1. The van der Waals surface area contributed by atoms with Gasteiger partial charge in [-0.25, -0.2) is 14.6 Å². The first-order chi connectivity index (χ1) is 14.2. The quantitative estimate of drug-likeness (QED) is 0.290. The molecule has 1 aliphatic heterocycles. The fourth-order valence-electron chi connectivity index (χ4n) is 3.69. The van der Waals surface area contributed by atoms with Crippen molar-refractivity contribution < 1.29 is 4.74 Å². The summed E-state index contributed by atoms with van der Waals surface area (Å²) < 4.78 is 9.18. The lowest BCUT2D eigenvalue weighted by atomic mass is 10.1. The summed E-state index contributed by atoms with van der Waals surface area (Å²) in [4.78, 5) is 13.6. The van der Waals surface area contributed by atoms with Gasteiger partial charge in [0.05, 0.1) is 12.2 Å². The van der Waals surface area contributed by atoms with E-state index in [-0.39, 0.29) is 30.0 Å². The number of halogens is 1. The normalized spacial score (nSPS) is 16.2. The second-order valence-electron chi connectivity index (χ2n) is 7.34. The molecular weight excluding hydrogens is 495 g/mol. The first kappa shape index (κ1) is 22.5. The number of pyridine rings is 1. The first-order valence-corrected chi connectivity index (χ1v) is 9.98. The zero-order valence-corrected chi connectivity index (χ0v) is 20.0. The molecule has 0 bridgehead atoms. The van der Waals surface area contributed by atoms with Crippen LogP contribution in [0.2, 0.25) is 0 Å². The number of ether oxygens (including phenoxy) is 1. The third kappa shape index (κ3) is 5.09. The Balaban J connectivity index is 0.00000256. The van der Waals surface area contributed by atoms with Crippen LogP contribution in [0.1, 0.15) is 29.3 Å². The summed E-state index contributed by atoms with van der Waals surface area (Å²) >= 11 is 0. The van der Waals surface area contributed by atoms with Crippen LogP contribution in [0.25, 0.3) is 5.65 Å². The molecule has 1 atom stereocenters. The molecule has 10 heteroatoms. The standard InChI is InChI=1S/C20H28N8O.HI/c1-14-5-4-10-27-11-16(23-19(14)27)8-9-22-20(21-2)24-15-6-7-18-25-17(13-29-3)26-28(18)12-15;/h4-5,10-11,15H,6-9,12-13H2,1-3H3,(H2,21,22,24);1H. The molecule has 0 aliphatic carbocycles. The van der Waals surface area contributed by atoms with Crippen molar-refractivity contribution in [3.63, 3.8) is 0 Å².